The van der Waals surface area contributed by atoms with Crippen molar-refractivity contribution in [2.24, 2.45) is 0 Å². The number of benzene rings is 3. The second kappa shape index (κ2) is 14.8. The average molecular weight is 693 g/mol. The molecule has 1 fully saturated rings. The Morgan fingerprint density at radius 1 is 0.938 bits per heavy atom. The number of aromatic nitrogens is 3. The van der Waals surface area contributed by atoms with Crippen molar-refractivity contribution in [3.05, 3.63) is 83.7 Å². The molecular formula is C33H36N6O7S2. The molecule has 0 aliphatic carbocycles. The van der Waals surface area contributed by atoms with Gasteiger partial charge in [-0.05, 0) is 60.9 Å². The largest absolute Gasteiger partial charge is 0.497 e. The van der Waals surface area contributed by atoms with Crippen LogP contribution in [0.3, 0.4) is 0 Å². The van der Waals surface area contributed by atoms with Gasteiger partial charge in [0, 0.05) is 37.0 Å². The summed E-state index contributed by atoms with van der Waals surface area (Å²) < 4.78 is 45.5. The molecule has 0 radical (unpaired) electrons. The van der Waals surface area contributed by atoms with Gasteiger partial charge in [-0.2, -0.15) is 4.31 Å². The highest BCUT2D eigenvalue weighted by molar-refractivity contribution is 7.99. The van der Waals surface area contributed by atoms with E-state index in [2.05, 4.69) is 21.6 Å². The molecule has 2 aliphatic heterocycles. The van der Waals surface area contributed by atoms with Gasteiger partial charge < -0.3 is 24.4 Å². The number of carbonyl (C=O) groups is 2. The minimum absolute atomic E-state index is 0.0198. The fourth-order valence-corrected chi connectivity index (χ4v) is 7.94. The lowest BCUT2D eigenvalue weighted by molar-refractivity contribution is -0.116. The van der Waals surface area contributed by atoms with Gasteiger partial charge in [-0.15, -0.1) is 10.2 Å². The van der Waals surface area contributed by atoms with Gasteiger partial charge in [0.15, 0.2) is 11.0 Å². The van der Waals surface area contributed by atoms with Crippen LogP contribution in [-0.4, -0.2) is 92.1 Å². The topological polar surface area (TPSA) is 145 Å². The van der Waals surface area contributed by atoms with Crippen LogP contribution in [0.15, 0.2) is 76.8 Å². The Kier molecular flexibility index (Phi) is 10.3. The highest BCUT2D eigenvalue weighted by atomic mass is 32.2. The number of hydrogen-bond donors (Lipinski definition) is 1. The summed E-state index contributed by atoms with van der Waals surface area (Å²) >= 11 is 1.24. The third-order valence-corrected chi connectivity index (χ3v) is 11.0. The van der Waals surface area contributed by atoms with Crippen molar-refractivity contribution in [2.75, 3.05) is 57.7 Å². The molecule has 1 saturated heterocycles. The van der Waals surface area contributed by atoms with E-state index in [0.29, 0.717) is 47.9 Å². The number of carbonyl (C=O) groups excluding carboxylic acids is 2. The molecule has 252 valence electrons. The number of nitrogens with one attached hydrogen (secondary N) is 1. The van der Waals surface area contributed by atoms with E-state index in [1.807, 2.05) is 23.1 Å². The maximum absolute atomic E-state index is 13.5. The summed E-state index contributed by atoms with van der Waals surface area (Å²) in [6.45, 7) is 1.87. The van der Waals surface area contributed by atoms with Crippen LogP contribution in [0.25, 0.3) is 5.69 Å². The molecule has 3 aromatic carbocycles. The Bertz CT molecular complexity index is 1890. The van der Waals surface area contributed by atoms with Crippen LogP contribution < -0.4 is 19.7 Å². The third-order valence-electron chi connectivity index (χ3n) is 8.19. The molecule has 6 rings (SSSR count). The molecule has 13 nitrogen and oxygen atoms in total. The summed E-state index contributed by atoms with van der Waals surface area (Å²) in [4.78, 5) is 28.6. The van der Waals surface area contributed by atoms with E-state index in [9.17, 15) is 18.0 Å². The van der Waals surface area contributed by atoms with E-state index in [-0.39, 0.29) is 41.8 Å². The third kappa shape index (κ3) is 7.04. The number of fused-ring (bicyclic) bond motifs is 1. The van der Waals surface area contributed by atoms with Crippen LogP contribution in [-0.2, 0) is 32.5 Å². The normalized spacial score (nSPS) is 15.1. The molecule has 0 atom stereocenters. The summed E-state index contributed by atoms with van der Waals surface area (Å²) in [6.07, 6.45) is 1.82. The molecule has 2 aliphatic rings. The number of nitrogens with zero attached hydrogens (tertiary/aromatic N) is 5. The SMILES string of the molecule is COc1ccc(OC)c(-n2c(CNC(=O)c3ccc(S(=O)(=O)N4CCOCC4)cc3)nnc2SCC(=O)N2CCCc3ccccc32)c1. The molecule has 0 spiro atoms. The lowest BCUT2D eigenvalue weighted by Gasteiger charge is -2.29. The fraction of sp³-hybridized carbons (Fsp3) is 0.333. The van der Waals surface area contributed by atoms with Crippen molar-refractivity contribution in [3.8, 4) is 17.2 Å². The number of amides is 2. The minimum atomic E-state index is -3.69. The summed E-state index contributed by atoms with van der Waals surface area (Å²) in [5.74, 6) is 1.11. The molecule has 2 amide bonds. The molecule has 1 aromatic heterocycles. The highest BCUT2D eigenvalue weighted by Gasteiger charge is 2.27. The van der Waals surface area contributed by atoms with Gasteiger partial charge in [-0.1, -0.05) is 30.0 Å². The van der Waals surface area contributed by atoms with E-state index in [1.54, 1.807) is 37.0 Å². The van der Waals surface area contributed by atoms with Gasteiger partial charge in [-0.3, -0.25) is 14.2 Å². The molecule has 1 N–H and O–H groups in total. The van der Waals surface area contributed by atoms with Crippen molar-refractivity contribution >= 4 is 39.3 Å². The number of morpholine rings is 1. The molecular weight excluding hydrogens is 657 g/mol. The number of aryl methyl sites for hydroxylation is 1. The van der Waals surface area contributed by atoms with E-state index in [0.717, 1.165) is 24.1 Å². The maximum Gasteiger partial charge on any atom is 0.251 e. The van der Waals surface area contributed by atoms with Gasteiger partial charge in [0.05, 0.1) is 50.3 Å². The van der Waals surface area contributed by atoms with Crippen LogP contribution in [0.4, 0.5) is 5.69 Å². The molecule has 4 aromatic rings. The van der Waals surface area contributed by atoms with Crippen molar-refractivity contribution in [2.45, 2.75) is 29.4 Å². The molecule has 3 heterocycles. The van der Waals surface area contributed by atoms with Gasteiger partial charge >= 0.3 is 0 Å². The highest BCUT2D eigenvalue weighted by Crippen LogP contribution is 2.33. The Labute approximate surface area is 283 Å². The summed E-state index contributed by atoms with van der Waals surface area (Å²) in [7, 11) is -0.588. The molecule has 0 saturated carbocycles. The number of rotatable bonds is 11. The first-order valence-electron chi connectivity index (χ1n) is 15.4. The average Bonchev–Trinajstić information content (AvgIpc) is 3.55. The zero-order valence-corrected chi connectivity index (χ0v) is 28.3. The Morgan fingerprint density at radius 3 is 2.46 bits per heavy atom. The monoisotopic (exact) mass is 692 g/mol. The first-order valence-corrected chi connectivity index (χ1v) is 17.9. The second-order valence-corrected chi connectivity index (χ2v) is 13.9. The Morgan fingerprint density at radius 2 is 1.71 bits per heavy atom. The van der Waals surface area contributed by atoms with E-state index >= 15 is 0 Å². The second-order valence-electron chi connectivity index (χ2n) is 11.1. The predicted molar refractivity (Wildman–Crippen MR) is 179 cm³/mol. The van der Waals surface area contributed by atoms with Crippen molar-refractivity contribution in [1.29, 1.82) is 0 Å². The van der Waals surface area contributed by atoms with Crippen molar-refractivity contribution in [1.82, 2.24) is 24.4 Å². The zero-order valence-electron chi connectivity index (χ0n) is 26.6. The Hall–Kier alpha value is -4.44. The lowest BCUT2D eigenvalue weighted by atomic mass is 10.0. The number of thioether (sulfide) groups is 1. The quantitative estimate of drug-likeness (QED) is 0.233. The van der Waals surface area contributed by atoms with Crippen molar-refractivity contribution in [3.63, 3.8) is 0 Å². The standard InChI is InChI=1S/C33H36N6O7S2/c1-44-25-11-14-29(45-2)28(20-25)39-30(35-36-33(39)47-22-31(40)38-15-5-7-23-6-3-4-8-27(23)38)21-34-32(41)24-9-12-26(13-10-24)48(42,43)37-16-18-46-19-17-37/h3-4,6,8-14,20H,5,7,15-19,21-22H2,1-2H3,(H,34,41). The van der Waals surface area contributed by atoms with Crippen LogP contribution in [0, 0.1) is 0 Å². The molecule has 48 heavy (non-hydrogen) atoms. The summed E-state index contributed by atoms with van der Waals surface area (Å²) in [6, 6.07) is 19.0. The lowest BCUT2D eigenvalue weighted by Crippen LogP contribution is -2.40. The molecule has 0 unspecified atom stereocenters. The number of sulfonamides is 1. The first-order chi connectivity index (χ1) is 23.3. The maximum atomic E-state index is 13.5. The van der Waals surface area contributed by atoms with Crippen molar-refractivity contribution < 1.29 is 32.2 Å². The molecule has 15 heteroatoms. The van der Waals surface area contributed by atoms with Gasteiger partial charge in [0.25, 0.3) is 5.91 Å². The Balaban J connectivity index is 1.21. The number of ether oxygens (including phenoxy) is 3. The van der Waals surface area contributed by atoms with Gasteiger partial charge in [0.1, 0.15) is 11.5 Å². The number of para-hydroxylation sites is 1. The fourth-order valence-electron chi connectivity index (χ4n) is 5.69. The van der Waals surface area contributed by atoms with E-state index in [4.69, 9.17) is 14.2 Å². The van der Waals surface area contributed by atoms with E-state index < -0.39 is 15.9 Å². The van der Waals surface area contributed by atoms with Crippen LogP contribution in [0.5, 0.6) is 11.5 Å². The summed E-state index contributed by atoms with van der Waals surface area (Å²) in [5, 5.41) is 12.1. The first kappa shape index (κ1) is 33.5. The molecule has 0 bridgehead atoms. The summed E-state index contributed by atoms with van der Waals surface area (Å²) in [5.41, 5.74) is 2.93. The number of hydrogen-bond acceptors (Lipinski definition) is 10. The van der Waals surface area contributed by atoms with Crippen LogP contribution in [0.1, 0.15) is 28.2 Å². The number of anilines is 1. The minimum Gasteiger partial charge on any atom is -0.497 e. The zero-order chi connectivity index (χ0) is 33.7. The predicted octanol–water partition coefficient (Wildman–Crippen LogP) is 3.31. The smallest absolute Gasteiger partial charge is 0.251 e. The van der Waals surface area contributed by atoms with E-state index in [1.165, 1.54) is 40.3 Å². The van der Waals surface area contributed by atoms with Gasteiger partial charge in [0.2, 0.25) is 15.9 Å². The van der Waals surface area contributed by atoms with Gasteiger partial charge in [-0.25, -0.2) is 8.42 Å². The number of methoxy groups -OCH3 is 2. The van der Waals surface area contributed by atoms with Crippen LogP contribution in [0.2, 0.25) is 0 Å². The van der Waals surface area contributed by atoms with Crippen LogP contribution >= 0.6 is 11.8 Å².